The molecule has 3 nitrogen and oxygen atoms in total. The molecule has 0 unspecified atom stereocenters. The van der Waals surface area contributed by atoms with Gasteiger partial charge in [0.25, 0.3) is 0 Å². The predicted molar refractivity (Wildman–Crippen MR) is 108 cm³/mol. The van der Waals surface area contributed by atoms with Gasteiger partial charge in [0.05, 0.1) is 0 Å². The minimum Gasteiger partial charge on any atom is -0.300 e. The highest BCUT2D eigenvalue weighted by molar-refractivity contribution is 5.08. The first kappa shape index (κ1) is 19.6. The van der Waals surface area contributed by atoms with Crippen LogP contribution in [0.15, 0.2) is 0 Å². The fourth-order valence-corrected chi connectivity index (χ4v) is 5.65. The van der Waals surface area contributed by atoms with Crippen LogP contribution in [0.2, 0.25) is 0 Å². The molecule has 0 aromatic heterocycles. The first-order valence-corrected chi connectivity index (χ1v) is 11.3. The third-order valence-electron chi connectivity index (χ3n) is 7.49. The number of nitrogens with zero attached hydrogens (tertiary/aromatic N) is 3. The Hall–Kier alpha value is -0.120. The zero-order valence-electron chi connectivity index (χ0n) is 17.6. The summed E-state index contributed by atoms with van der Waals surface area (Å²) in [7, 11) is 0. The lowest BCUT2D eigenvalue weighted by atomic mass is 9.59. The second-order valence-corrected chi connectivity index (χ2v) is 9.55. The topological polar surface area (TPSA) is 9.72 Å². The summed E-state index contributed by atoms with van der Waals surface area (Å²) in [5, 5.41) is 0. The van der Waals surface area contributed by atoms with Crippen LogP contribution in [0.3, 0.4) is 0 Å². The summed E-state index contributed by atoms with van der Waals surface area (Å²) in [4.78, 5) is 8.30. The molecule has 3 saturated heterocycles. The second kappa shape index (κ2) is 8.27. The second-order valence-electron chi connectivity index (χ2n) is 9.55. The highest BCUT2D eigenvalue weighted by atomic mass is 15.3. The van der Waals surface area contributed by atoms with Crippen molar-refractivity contribution in [3.05, 3.63) is 0 Å². The monoisotopic (exact) mass is 349 g/mol. The van der Waals surface area contributed by atoms with Crippen LogP contribution in [0.5, 0.6) is 0 Å². The van der Waals surface area contributed by atoms with Gasteiger partial charge in [-0.05, 0) is 89.9 Å². The highest BCUT2D eigenvalue weighted by Gasteiger charge is 2.54. The van der Waals surface area contributed by atoms with Gasteiger partial charge in [-0.3, -0.25) is 4.90 Å². The van der Waals surface area contributed by atoms with Crippen LogP contribution in [-0.4, -0.2) is 72.1 Å². The molecule has 0 radical (unpaired) electrons. The van der Waals surface area contributed by atoms with Gasteiger partial charge < -0.3 is 9.80 Å². The van der Waals surface area contributed by atoms with Crippen LogP contribution in [-0.2, 0) is 0 Å². The number of hydrogen-bond acceptors (Lipinski definition) is 3. The van der Waals surface area contributed by atoms with Gasteiger partial charge in [0.2, 0.25) is 0 Å². The molecule has 0 atom stereocenters. The van der Waals surface area contributed by atoms with E-state index in [1.807, 2.05) is 13.8 Å². The fourth-order valence-electron chi connectivity index (χ4n) is 5.65. The smallest absolute Gasteiger partial charge is 0.0120 e. The predicted octanol–water partition coefficient (Wildman–Crippen LogP) is 4.08. The van der Waals surface area contributed by atoms with Crippen molar-refractivity contribution in [3.8, 4) is 0 Å². The van der Waals surface area contributed by atoms with Gasteiger partial charge in [-0.15, -0.1) is 0 Å². The average Bonchev–Trinajstić information content (AvgIpc) is 2.55. The molecule has 0 bridgehead atoms. The van der Waals surface area contributed by atoms with Crippen LogP contribution in [0.4, 0.5) is 0 Å². The summed E-state index contributed by atoms with van der Waals surface area (Å²) < 4.78 is 0. The standard InChI is InChI=1S/C20H37N3.C2H6/c1-16(2)23-14-20(15-23)12-19(13-20)22-10-6-18(7-11-22)21-8-4-17(3)5-9-21;1-2/h16-19H,4-15H2,1-3H3;1-2H3. The Balaban J connectivity index is 0.000000880. The summed E-state index contributed by atoms with van der Waals surface area (Å²) in [5.41, 5.74) is 0.731. The largest absolute Gasteiger partial charge is 0.300 e. The summed E-state index contributed by atoms with van der Waals surface area (Å²) in [6.45, 7) is 19.3. The van der Waals surface area contributed by atoms with E-state index >= 15 is 0 Å². The van der Waals surface area contributed by atoms with Gasteiger partial charge in [-0.2, -0.15) is 0 Å². The van der Waals surface area contributed by atoms with Crippen LogP contribution >= 0.6 is 0 Å². The van der Waals surface area contributed by atoms with Gasteiger partial charge in [-0.25, -0.2) is 0 Å². The number of rotatable bonds is 3. The van der Waals surface area contributed by atoms with Crippen LogP contribution < -0.4 is 0 Å². The molecule has 4 aliphatic rings. The summed E-state index contributed by atoms with van der Waals surface area (Å²) in [6.07, 6.45) is 8.69. The molecule has 3 heterocycles. The van der Waals surface area contributed by atoms with Gasteiger partial charge in [0.15, 0.2) is 0 Å². The third kappa shape index (κ3) is 4.25. The maximum Gasteiger partial charge on any atom is 0.0120 e. The lowest BCUT2D eigenvalue weighted by Gasteiger charge is -2.63. The summed E-state index contributed by atoms with van der Waals surface area (Å²) in [6, 6.07) is 2.57. The molecule has 0 N–H and O–H groups in total. The van der Waals surface area contributed by atoms with Gasteiger partial charge >= 0.3 is 0 Å². The molecule has 1 spiro atoms. The van der Waals surface area contributed by atoms with E-state index in [1.165, 1.54) is 77.8 Å². The Morgan fingerprint density at radius 1 is 0.760 bits per heavy atom. The van der Waals surface area contributed by atoms with E-state index in [0.29, 0.717) is 0 Å². The molecule has 146 valence electrons. The molecule has 3 aliphatic heterocycles. The van der Waals surface area contributed by atoms with E-state index in [-0.39, 0.29) is 0 Å². The van der Waals surface area contributed by atoms with E-state index in [9.17, 15) is 0 Å². The highest BCUT2D eigenvalue weighted by Crippen LogP contribution is 2.51. The Kier molecular flexibility index (Phi) is 6.50. The SMILES string of the molecule is CC.CC1CCN(C2CCN(C3CC4(C3)CN(C(C)C)C4)CC2)CC1. The number of likely N-dealkylation sites (tertiary alicyclic amines) is 3. The van der Waals surface area contributed by atoms with Crippen molar-refractivity contribution in [1.82, 2.24) is 14.7 Å². The van der Waals surface area contributed by atoms with Crippen molar-refractivity contribution in [3.63, 3.8) is 0 Å². The first-order chi connectivity index (χ1) is 12.0. The lowest BCUT2D eigenvalue weighted by Crippen LogP contribution is -2.68. The van der Waals surface area contributed by atoms with E-state index in [2.05, 4.69) is 35.5 Å². The maximum absolute atomic E-state index is 2.84. The molecule has 0 amide bonds. The minimum atomic E-state index is 0.731. The molecule has 1 saturated carbocycles. The Labute approximate surface area is 157 Å². The van der Waals surface area contributed by atoms with Crippen molar-refractivity contribution in [2.45, 2.75) is 91.3 Å². The lowest BCUT2D eigenvalue weighted by molar-refractivity contribution is -0.124. The van der Waals surface area contributed by atoms with Crippen molar-refractivity contribution < 1.29 is 0 Å². The van der Waals surface area contributed by atoms with Crippen LogP contribution in [0.1, 0.15) is 73.1 Å². The normalized spacial score (nSPS) is 30.0. The van der Waals surface area contributed by atoms with Gasteiger partial charge in [-0.1, -0.05) is 20.8 Å². The number of hydrogen-bond donors (Lipinski definition) is 0. The fraction of sp³-hybridized carbons (Fsp3) is 1.00. The quantitative estimate of drug-likeness (QED) is 0.760. The van der Waals surface area contributed by atoms with Crippen molar-refractivity contribution in [1.29, 1.82) is 0 Å². The Morgan fingerprint density at radius 2 is 1.24 bits per heavy atom. The molecule has 4 fully saturated rings. The van der Waals surface area contributed by atoms with Gasteiger partial charge in [0, 0.05) is 31.2 Å². The molecule has 1 aliphatic carbocycles. The Morgan fingerprint density at radius 3 is 1.76 bits per heavy atom. The molecular formula is C22H43N3. The van der Waals surface area contributed by atoms with Gasteiger partial charge in [0.1, 0.15) is 0 Å². The number of piperidine rings is 2. The molecule has 3 heteroatoms. The average molecular weight is 350 g/mol. The first-order valence-electron chi connectivity index (χ1n) is 11.3. The van der Waals surface area contributed by atoms with Crippen molar-refractivity contribution >= 4 is 0 Å². The van der Waals surface area contributed by atoms with E-state index < -0.39 is 0 Å². The van der Waals surface area contributed by atoms with Crippen LogP contribution in [0.25, 0.3) is 0 Å². The third-order valence-corrected chi connectivity index (χ3v) is 7.49. The molecule has 25 heavy (non-hydrogen) atoms. The minimum absolute atomic E-state index is 0.731. The molecule has 0 aromatic rings. The van der Waals surface area contributed by atoms with E-state index in [4.69, 9.17) is 0 Å². The zero-order valence-corrected chi connectivity index (χ0v) is 17.6. The molecular weight excluding hydrogens is 306 g/mol. The van der Waals surface area contributed by atoms with Crippen molar-refractivity contribution in [2.75, 3.05) is 39.3 Å². The summed E-state index contributed by atoms with van der Waals surface area (Å²) >= 11 is 0. The zero-order chi connectivity index (χ0) is 18.0. The van der Waals surface area contributed by atoms with E-state index in [1.54, 1.807) is 0 Å². The Bertz CT molecular complexity index is 391. The molecule has 0 aromatic carbocycles. The van der Waals surface area contributed by atoms with Crippen LogP contribution in [0, 0.1) is 11.3 Å². The van der Waals surface area contributed by atoms with Crippen molar-refractivity contribution in [2.24, 2.45) is 11.3 Å². The maximum atomic E-state index is 2.84. The van der Waals surface area contributed by atoms with E-state index in [0.717, 1.165) is 29.5 Å². The molecule has 4 rings (SSSR count). The summed E-state index contributed by atoms with van der Waals surface area (Å²) in [5.74, 6) is 0.963.